The van der Waals surface area contributed by atoms with Crippen LogP contribution in [0.2, 0.25) is 0 Å². The van der Waals surface area contributed by atoms with Gasteiger partial charge in [-0.05, 0) is 53.7 Å². The van der Waals surface area contributed by atoms with Crippen molar-refractivity contribution in [3.63, 3.8) is 0 Å². The monoisotopic (exact) mass is 351 g/mol. The fraction of sp³-hybridized carbons (Fsp3) is 0.667. The topological polar surface area (TPSA) is 46.2 Å². The van der Waals surface area contributed by atoms with Crippen molar-refractivity contribution in [2.75, 3.05) is 12.8 Å². The molecule has 6 heteroatoms. The lowest BCUT2D eigenvalue weighted by molar-refractivity contribution is 0.457. The predicted molar refractivity (Wildman–Crippen MR) is 80.0 cm³/mol. The Morgan fingerprint density at radius 3 is 2.89 bits per heavy atom. The molecule has 18 heavy (non-hydrogen) atoms. The second-order valence-corrected chi connectivity index (χ2v) is 8.89. The number of rotatable bonds is 4. The minimum absolute atomic E-state index is 0.0187. The van der Waals surface area contributed by atoms with Crippen LogP contribution in [0.1, 0.15) is 24.1 Å². The molecule has 102 valence electrons. The van der Waals surface area contributed by atoms with Gasteiger partial charge in [0.1, 0.15) is 0 Å². The third kappa shape index (κ3) is 3.15. The van der Waals surface area contributed by atoms with Gasteiger partial charge in [-0.15, -0.1) is 11.3 Å². The van der Waals surface area contributed by atoms with E-state index in [0.29, 0.717) is 5.75 Å². The Bertz CT molecular complexity index is 498. The summed E-state index contributed by atoms with van der Waals surface area (Å²) >= 11 is 5.19. The molecule has 1 aliphatic heterocycles. The fourth-order valence-corrected chi connectivity index (χ4v) is 6.26. The molecule has 2 rings (SSSR count). The first kappa shape index (κ1) is 14.5. The van der Waals surface area contributed by atoms with Crippen LogP contribution in [0.15, 0.2) is 15.9 Å². The van der Waals surface area contributed by atoms with Crippen LogP contribution in [-0.4, -0.2) is 32.5 Å². The summed E-state index contributed by atoms with van der Waals surface area (Å²) in [6.45, 7) is 0. The summed E-state index contributed by atoms with van der Waals surface area (Å²) < 4.78 is 25.4. The molecule has 0 aliphatic carbocycles. The zero-order valence-corrected chi connectivity index (χ0v) is 13.6. The Balaban J connectivity index is 2.15. The average molecular weight is 352 g/mol. The Hall–Kier alpha value is 0.0900. The Kier molecular flexibility index (Phi) is 4.86. The molecule has 1 saturated heterocycles. The molecule has 2 heterocycles. The largest absolute Gasteiger partial charge is 0.315 e. The van der Waals surface area contributed by atoms with E-state index in [2.05, 4.69) is 21.2 Å². The average Bonchev–Trinajstić information content (AvgIpc) is 2.72. The minimum Gasteiger partial charge on any atom is -0.315 e. The summed E-state index contributed by atoms with van der Waals surface area (Å²) in [5, 5.41) is 5.00. The van der Waals surface area contributed by atoms with Crippen LogP contribution >= 0.6 is 27.3 Å². The zero-order valence-electron chi connectivity index (χ0n) is 10.4. The quantitative estimate of drug-likeness (QED) is 0.906. The van der Waals surface area contributed by atoms with Gasteiger partial charge in [0.15, 0.2) is 9.84 Å². The van der Waals surface area contributed by atoms with E-state index < -0.39 is 9.84 Å². The van der Waals surface area contributed by atoms with Crippen LogP contribution in [0.25, 0.3) is 0 Å². The summed E-state index contributed by atoms with van der Waals surface area (Å²) in [5.74, 6) is 0.349. The maximum Gasteiger partial charge on any atom is 0.154 e. The molecule has 0 spiro atoms. The zero-order chi connectivity index (χ0) is 13.2. The summed E-state index contributed by atoms with van der Waals surface area (Å²) in [6.07, 6.45) is 3.40. The number of halogens is 1. The van der Waals surface area contributed by atoms with Crippen LogP contribution in [-0.2, 0) is 16.3 Å². The molecule has 0 bridgehead atoms. The van der Waals surface area contributed by atoms with Crippen LogP contribution in [0, 0.1) is 0 Å². The highest BCUT2D eigenvalue weighted by atomic mass is 79.9. The number of thiophene rings is 1. The highest BCUT2D eigenvalue weighted by Crippen LogP contribution is 2.28. The summed E-state index contributed by atoms with van der Waals surface area (Å²) in [7, 11) is -1.07. The van der Waals surface area contributed by atoms with Crippen molar-refractivity contribution in [3.05, 3.63) is 20.8 Å². The third-order valence-electron chi connectivity index (χ3n) is 3.54. The van der Waals surface area contributed by atoms with E-state index in [-0.39, 0.29) is 11.3 Å². The number of likely N-dealkylation sites (N-methyl/N-ethyl adjacent to an activating group) is 1. The van der Waals surface area contributed by atoms with Crippen molar-refractivity contribution in [1.82, 2.24) is 5.32 Å². The number of hydrogen-bond acceptors (Lipinski definition) is 4. The van der Waals surface area contributed by atoms with E-state index in [4.69, 9.17) is 0 Å². The van der Waals surface area contributed by atoms with Gasteiger partial charge in [0.2, 0.25) is 0 Å². The first-order chi connectivity index (χ1) is 8.54. The maximum absolute atomic E-state index is 12.1. The first-order valence-electron chi connectivity index (χ1n) is 6.15. The highest BCUT2D eigenvalue weighted by Gasteiger charge is 2.35. The lowest BCUT2D eigenvalue weighted by atomic mass is 10.0. The molecule has 1 N–H and O–H groups in total. The van der Waals surface area contributed by atoms with Crippen molar-refractivity contribution < 1.29 is 8.42 Å². The molecule has 3 nitrogen and oxygen atoms in total. The van der Waals surface area contributed by atoms with E-state index >= 15 is 0 Å². The molecule has 1 aliphatic rings. The van der Waals surface area contributed by atoms with E-state index in [1.165, 1.54) is 4.88 Å². The predicted octanol–water partition coefficient (Wildman–Crippen LogP) is 2.61. The fourth-order valence-electron chi connectivity index (χ4n) is 2.52. The van der Waals surface area contributed by atoms with Gasteiger partial charge in [-0.25, -0.2) is 8.42 Å². The van der Waals surface area contributed by atoms with Crippen LogP contribution in [0.5, 0.6) is 0 Å². The van der Waals surface area contributed by atoms with Crippen molar-refractivity contribution in [2.24, 2.45) is 0 Å². The smallest absolute Gasteiger partial charge is 0.154 e. The molecule has 0 aromatic carbocycles. The van der Waals surface area contributed by atoms with Gasteiger partial charge in [-0.2, -0.15) is 0 Å². The highest BCUT2D eigenvalue weighted by molar-refractivity contribution is 9.10. The van der Waals surface area contributed by atoms with Crippen molar-refractivity contribution >= 4 is 37.1 Å². The standard InChI is InChI=1S/C12H18BrNO2S2/c1-14-10(8-11-9(13)5-6-17-11)12-4-2-3-7-18(12,15)16/h5-6,10,12,14H,2-4,7-8H2,1H3. The van der Waals surface area contributed by atoms with E-state index in [1.807, 2.05) is 18.5 Å². The van der Waals surface area contributed by atoms with Gasteiger partial charge in [0.25, 0.3) is 0 Å². The summed E-state index contributed by atoms with van der Waals surface area (Å²) in [5.41, 5.74) is 0. The van der Waals surface area contributed by atoms with Gasteiger partial charge in [0.05, 0.1) is 11.0 Å². The van der Waals surface area contributed by atoms with Gasteiger partial charge < -0.3 is 5.32 Å². The SMILES string of the molecule is CNC(Cc1sccc1Br)C1CCCCS1(=O)=O. The molecule has 0 saturated carbocycles. The van der Waals surface area contributed by atoms with Crippen molar-refractivity contribution in [2.45, 2.75) is 37.0 Å². The molecule has 0 amide bonds. The maximum atomic E-state index is 12.1. The number of sulfone groups is 1. The second kappa shape index (κ2) is 6.03. The molecule has 1 fully saturated rings. The molecular formula is C12H18BrNO2S2. The molecule has 0 radical (unpaired) electrons. The molecule has 2 atom stereocenters. The molecule has 2 unspecified atom stereocenters. The molecule has 1 aromatic heterocycles. The van der Waals surface area contributed by atoms with Crippen LogP contribution in [0.3, 0.4) is 0 Å². The van der Waals surface area contributed by atoms with Crippen LogP contribution in [0.4, 0.5) is 0 Å². The Morgan fingerprint density at radius 1 is 1.56 bits per heavy atom. The lowest BCUT2D eigenvalue weighted by Gasteiger charge is -2.29. The van der Waals surface area contributed by atoms with Gasteiger partial charge >= 0.3 is 0 Å². The lowest BCUT2D eigenvalue weighted by Crippen LogP contribution is -2.46. The van der Waals surface area contributed by atoms with E-state index in [9.17, 15) is 8.42 Å². The third-order valence-corrected chi connectivity index (χ3v) is 7.84. The van der Waals surface area contributed by atoms with Crippen LogP contribution < -0.4 is 5.32 Å². The molecular weight excluding hydrogens is 334 g/mol. The normalized spacial score (nSPS) is 24.9. The number of hydrogen-bond donors (Lipinski definition) is 1. The van der Waals surface area contributed by atoms with E-state index in [0.717, 1.165) is 30.2 Å². The van der Waals surface area contributed by atoms with Gasteiger partial charge in [-0.1, -0.05) is 6.42 Å². The molecule has 1 aromatic rings. The number of nitrogens with one attached hydrogen (secondary N) is 1. The van der Waals surface area contributed by atoms with E-state index in [1.54, 1.807) is 11.3 Å². The Morgan fingerprint density at radius 2 is 2.33 bits per heavy atom. The first-order valence-corrected chi connectivity index (χ1v) is 9.54. The summed E-state index contributed by atoms with van der Waals surface area (Å²) in [4.78, 5) is 1.22. The van der Waals surface area contributed by atoms with Crippen molar-refractivity contribution in [1.29, 1.82) is 0 Å². The minimum atomic E-state index is -2.92. The van der Waals surface area contributed by atoms with Crippen molar-refractivity contribution in [3.8, 4) is 0 Å². The second-order valence-electron chi connectivity index (χ2n) is 4.69. The van der Waals surface area contributed by atoms with Gasteiger partial charge in [0, 0.05) is 15.4 Å². The summed E-state index contributed by atoms with van der Waals surface area (Å²) in [6, 6.07) is 2.03. The Labute approximate surface area is 121 Å². The van der Waals surface area contributed by atoms with Gasteiger partial charge in [-0.3, -0.25) is 0 Å².